The highest BCUT2D eigenvalue weighted by molar-refractivity contribution is 7.23. The van der Waals surface area contributed by atoms with Gasteiger partial charge in [0.2, 0.25) is 0 Å². The van der Waals surface area contributed by atoms with Crippen LogP contribution in [0.3, 0.4) is 0 Å². The van der Waals surface area contributed by atoms with Gasteiger partial charge in [-0.3, -0.25) is 9.59 Å². The van der Waals surface area contributed by atoms with Crippen molar-refractivity contribution < 1.29 is 14.3 Å². The van der Waals surface area contributed by atoms with Crippen molar-refractivity contribution in [3.05, 3.63) is 69.5 Å². The number of carbonyl (C=O) groups excluding carboxylic acids is 1. The van der Waals surface area contributed by atoms with Crippen molar-refractivity contribution >= 4 is 28.6 Å². The molecule has 0 saturated carbocycles. The van der Waals surface area contributed by atoms with Gasteiger partial charge in [-0.2, -0.15) is 5.10 Å². The number of ether oxygens (including phenoxy) is 2. The Morgan fingerprint density at radius 2 is 1.88 bits per heavy atom. The summed E-state index contributed by atoms with van der Waals surface area (Å²) in [5.41, 5.74) is 1.70. The van der Waals surface area contributed by atoms with Gasteiger partial charge in [0.05, 0.1) is 36.2 Å². The van der Waals surface area contributed by atoms with Gasteiger partial charge < -0.3 is 14.8 Å². The average Bonchev–Trinajstić information content (AvgIpc) is 3.49. The first kappa shape index (κ1) is 22.7. The number of nitrogens with one attached hydrogen (secondary N) is 1. The number of hydrogen-bond acceptors (Lipinski definition) is 8. The smallest absolute Gasteiger partial charge is 0.266 e. The molecule has 0 aliphatic heterocycles. The number of benzene rings is 1. The predicted octanol–water partition coefficient (Wildman–Crippen LogP) is 3.85. The number of thiazole rings is 1. The molecule has 1 amide bonds. The van der Waals surface area contributed by atoms with Crippen LogP contribution in [0.15, 0.2) is 52.6 Å². The van der Waals surface area contributed by atoms with Crippen LogP contribution >= 0.6 is 22.7 Å². The fourth-order valence-electron chi connectivity index (χ4n) is 3.19. The number of amides is 1. The highest BCUT2D eigenvalue weighted by Crippen LogP contribution is 2.35. The largest absolute Gasteiger partial charge is 0.497 e. The summed E-state index contributed by atoms with van der Waals surface area (Å²) in [7, 11) is 3.05. The van der Waals surface area contributed by atoms with Gasteiger partial charge in [0.1, 0.15) is 22.2 Å². The van der Waals surface area contributed by atoms with E-state index in [0.717, 1.165) is 20.5 Å². The first-order valence-electron chi connectivity index (χ1n) is 10.1. The zero-order valence-electron chi connectivity index (χ0n) is 18.3. The molecular formula is C23H22N4O4S2. The summed E-state index contributed by atoms with van der Waals surface area (Å²) in [5, 5.41) is 10.3. The van der Waals surface area contributed by atoms with Crippen molar-refractivity contribution in [3.63, 3.8) is 0 Å². The molecule has 170 valence electrons. The summed E-state index contributed by atoms with van der Waals surface area (Å²) in [6.45, 7) is 2.40. The van der Waals surface area contributed by atoms with E-state index in [2.05, 4.69) is 15.4 Å². The van der Waals surface area contributed by atoms with Gasteiger partial charge in [0.15, 0.2) is 0 Å². The van der Waals surface area contributed by atoms with E-state index >= 15 is 0 Å². The maximum atomic E-state index is 12.6. The summed E-state index contributed by atoms with van der Waals surface area (Å²) in [4.78, 5) is 31.6. The first-order valence-corrected chi connectivity index (χ1v) is 11.8. The summed E-state index contributed by atoms with van der Waals surface area (Å²) in [6, 6.07) is 12.2. The summed E-state index contributed by atoms with van der Waals surface area (Å²) >= 11 is 3.18. The molecule has 0 spiro atoms. The second-order valence-electron chi connectivity index (χ2n) is 7.05. The van der Waals surface area contributed by atoms with Crippen LogP contribution in [0.2, 0.25) is 0 Å². The highest BCUT2D eigenvalue weighted by atomic mass is 32.1. The zero-order valence-corrected chi connectivity index (χ0v) is 20.0. The van der Waals surface area contributed by atoms with Gasteiger partial charge >= 0.3 is 0 Å². The molecule has 8 nitrogen and oxygen atoms in total. The quantitative estimate of drug-likeness (QED) is 0.410. The van der Waals surface area contributed by atoms with Crippen LogP contribution in [-0.4, -0.2) is 41.4 Å². The number of aryl methyl sites for hydroxylation is 1. The second kappa shape index (κ2) is 9.97. The molecule has 1 aromatic carbocycles. The fourth-order valence-corrected chi connectivity index (χ4v) is 5.01. The van der Waals surface area contributed by atoms with E-state index in [9.17, 15) is 9.59 Å². The molecule has 10 heteroatoms. The van der Waals surface area contributed by atoms with Crippen LogP contribution in [0.25, 0.3) is 20.5 Å². The number of thiophene rings is 1. The van der Waals surface area contributed by atoms with E-state index in [1.54, 1.807) is 46.9 Å². The first-order chi connectivity index (χ1) is 16.0. The Balaban J connectivity index is 1.47. The number of carbonyl (C=O) groups is 1. The lowest BCUT2D eigenvalue weighted by atomic mass is 10.2. The maximum Gasteiger partial charge on any atom is 0.266 e. The second-order valence-corrected chi connectivity index (χ2v) is 8.99. The predicted molar refractivity (Wildman–Crippen MR) is 130 cm³/mol. The van der Waals surface area contributed by atoms with Crippen LogP contribution in [0, 0.1) is 6.92 Å². The molecule has 0 atom stereocenters. The third-order valence-corrected chi connectivity index (χ3v) is 7.07. The van der Waals surface area contributed by atoms with E-state index in [1.165, 1.54) is 25.0 Å². The van der Waals surface area contributed by atoms with Gasteiger partial charge in [-0.1, -0.05) is 6.07 Å². The number of methoxy groups -OCH3 is 2. The monoisotopic (exact) mass is 482 g/mol. The minimum atomic E-state index is -0.296. The van der Waals surface area contributed by atoms with Crippen molar-refractivity contribution in [2.45, 2.75) is 13.5 Å². The fraction of sp³-hybridized carbons (Fsp3) is 0.217. The molecule has 3 aromatic heterocycles. The Bertz CT molecular complexity index is 1310. The van der Waals surface area contributed by atoms with Crippen LogP contribution < -0.4 is 20.3 Å². The molecule has 33 heavy (non-hydrogen) atoms. The van der Waals surface area contributed by atoms with E-state index in [4.69, 9.17) is 9.47 Å². The molecule has 4 rings (SSSR count). The number of nitrogens with zero attached hydrogens (tertiary/aromatic N) is 3. The molecule has 4 aromatic rings. The van der Waals surface area contributed by atoms with Gasteiger partial charge in [0.25, 0.3) is 11.5 Å². The normalized spacial score (nSPS) is 10.8. The third kappa shape index (κ3) is 5.12. The molecule has 0 unspecified atom stereocenters. The maximum absolute atomic E-state index is 12.6. The molecule has 0 fully saturated rings. The van der Waals surface area contributed by atoms with Crippen molar-refractivity contribution in [2.24, 2.45) is 0 Å². The Kier molecular flexibility index (Phi) is 6.85. The minimum absolute atomic E-state index is 0.231. The van der Waals surface area contributed by atoms with E-state index in [1.807, 2.05) is 24.4 Å². The van der Waals surface area contributed by atoms with Gasteiger partial charge in [0, 0.05) is 24.2 Å². The molecule has 0 aliphatic carbocycles. The van der Waals surface area contributed by atoms with E-state index in [0.29, 0.717) is 22.8 Å². The average molecular weight is 483 g/mol. The molecule has 0 aliphatic rings. The molecule has 0 saturated heterocycles. The van der Waals surface area contributed by atoms with E-state index in [-0.39, 0.29) is 24.6 Å². The summed E-state index contributed by atoms with van der Waals surface area (Å²) < 4.78 is 11.8. The van der Waals surface area contributed by atoms with Gasteiger partial charge in [-0.25, -0.2) is 9.67 Å². The van der Waals surface area contributed by atoms with Crippen molar-refractivity contribution in [2.75, 3.05) is 20.8 Å². The number of hydrogen-bond donors (Lipinski definition) is 1. The molecular weight excluding hydrogens is 460 g/mol. The van der Waals surface area contributed by atoms with Gasteiger partial charge in [-0.05, 0) is 36.6 Å². The Morgan fingerprint density at radius 3 is 2.55 bits per heavy atom. The molecule has 0 bridgehead atoms. The third-order valence-electron chi connectivity index (χ3n) is 4.85. The Labute approximate surface area is 198 Å². The molecule has 1 N–H and O–H groups in total. The lowest BCUT2D eigenvalue weighted by molar-refractivity contribution is 0.0951. The SMILES string of the molecule is COc1cc(OC)cc(C(=O)NCCn2nc(-c3sc(-c4cccs4)nc3C)ccc2=O)c1. The van der Waals surface area contributed by atoms with Crippen LogP contribution in [0.1, 0.15) is 16.1 Å². The van der Waals surface area contributed by atoms with Gasteiger partial charge in [-0.15, -0.1) is 22.7 Å². The van der Waals surface area contributed by atoms with Crippen molar-refractivity contribution in [1.29, 1.82) is 0 Å². The Morgan fingerprint density at radius 1 is 1.12 bits per heavy atom. The van der Waals surface area contributed by atoms with E-state index < -0.39 is 0 Å². The number of rotatable bonds is 8. The zero-order chi connectivity index (χ0) is 23.4. The standard InChI is InChI=1S/C23H22N4O4S2/c1-14-21(33-23(25-14)19-5-4-10-32-19)18-6-7-20(28)27(26-18)9-8-24-22(29)15-11-16(30-2)13-17(12-15)31-3/h4-7,10-13H,8-9H2,1-3H3,(H,24,29). The number of aromatic nitrogens is 3. The van der Waals surface area contributed by atoms with Crippen LogP contribution in [0.4, 0.5) is 0 Å². The topological polar surface area (TPSA) is 95.3 Å². The summed E-state index contributed by atoms with van der Waals surface area (Å²) in [5.74, 6) is 0.745. The highest BCUT2D eigenvalue weighted by Gasteiger charge is 2.15. The minimum Gasteiger partial charge on any atom is -0.497 e. The van der Waals surface area contributed by atoms with Crippen molar-refractivity contribution in [1.82, 2.24) is 20.1 Å². The molecule has 3 heterocycles. The Hall–Kier alpha value is -3.50. The lowest BCUT2D eigenvalue weighted by Gasteiger charge is -2.10. The van der Waals surface area contributed by atoms with Crippen molar-refractivity contribution in [3.8, 4) is 32.0 Å². The lowest BCUT2D eigenvalue weighted by Crippen LogP contribution is -2.32. The van der Waals surface area contributed by atoms with Crippen LogP contribution in [0.5, 0.6) is 11.5 Å². The summed E-state index contributed by atoms with van der Waals surface area (Å²) in [6.07, 6.45) is 0. The molecule has 0 radical (unpaired) electrons. The van der Waals surface area contributed by atoms with Crippen LogP contribution in [-0.2, 0) is 6.54 Å².